The molecule has 0 radical (unpaired) electrons. The van der Waals surface area contributed by atoms with Crippen LogP contribution in [-0.2, 0) is 6.42 Å². The van der Waals surface area contributed by atoms with Crippen LogP contribution in [0.3, 0.4) is 0 Å². The molecule has 0 aromatic carbocycles. The third-order valence-electron chi connectivity index (χ3n) is 3.63. The molecule has 1 aliphatic rings. The summed E-state index contributed by atoms with van der Waals surface area (Å²) in [4.78, 5) is 5.89. The van der Waals surface area contributed by atoms with Gasteiger partial charge < -0.3 is 5.11 Å². The van der Waals surface area contributed by atoms with Crippen molar-refractivity contribution in [2.24, 2.45) is 5.92 Å². The maximum absolute atomic E-state index is 10.1. The number of thiazole rings is 1. The zero-order chi connectivity index (χ0) is 11.5. The van der Waals surface area contributed by atoms with E-state index in [2.05, 4.69) is 18.8 Å². The van der Waals surface area contributed by atoms with Crippen molar-refractivity contribution in [2.45, 2.75) is 58.5 Å². The van der Waals surface area contributed by atoms with E-state index in [-0.39, 0.29) is 6.10 Å². The van der Waals surface area contributed by atoms with Gasteiger partial charge in [-0.3, -0.25) is 0 Å². The maximum Gasteiger partial charge on any atom is 0.0934 e. The van der Waals surface area contributed by atoms with Crippen LogP contribution in [0.2, 0.25) is 0 Å². The zero-order valence-corrected chi connectivity index (χ0v) is 11.0. The molecule has 1 fully saturated rings. The molecule has 1 aliphatic carbocycles. The molecular formula is C13H21NOS. The average Bonchev–Trinajstić information content (AvgIpc) is 2.44. The van der Waals surface area contributed by atoms with Crippen LogP contribution in [0.5, 0.6) is 0 Å². The van der Waals surface area contributed by atoms with E-state index in [1.54, 1.807) is 11.3 Å². The highest BCUT2D eigenvalue weighted by atomic mass is 32.1. The van der Waals surface area contributed by atoms with Gasteiger partial charge in [-0.2, -0.15) is 0 Å². The predicted molar refractivity (Wildman–Crippen MR) is 67.9 cm³/mol. The Balaban J connectivity index is 2.01. The Labute approximate surface area is 102 Å². The average molecular weight is 239 g/mol. The normalized spacial score (nSPS) is 26.7. The molecule has 2 rings (SSSR count). The summed E-state index contributed by atoms with van der Waals surface area (Å²) in [5, 5.41) is 11.3. The van der Waals surface area contributed by atoms with Gasteiger partial charge >= 0.3 is 0 Å². The number of nitrogens with zero attached hydrogens (tertiary/aromatic N) is 1. The molecule has 1 N–H and O–H groups in total. The molecule has 1 heterocycles. The third-order valence-corrected chi connectivity index (χ3v) is 4.72. The maximum atomic E-state index is 10.1. The molecule has 1 saturated carbocycles. The van der Waals surface area contributed by atoms with E-state index in [4.69, 9.17) is 0 Å². The molecule has 0 spiro atoms. The fourth-order valence-corrected chi connectivity index (χ4v) is 3.48. The Morgan fingerprint density at radius 3 is 2.69 bits per heavy atom. The lowest BCUT2D eigenvalue weighted by Gasteiger charge is -2.18. The molecule has 3 heteroatoms. The topological polar surface area (TPSA) is 33.1 Å². The molecule has 0 aliphatic heterocycles. The summed E-state index contributed by atoms with van der Waals surface area (Å²) in [6, 6.07) is 0. The minimum Gasteiger partial charge on any atom is -0.393 e. The minimum absolute atomic E-state index is 0.105. The lowest BCUT2D eigenvalue weighted by atomic mass is 9.94. The third kappa shape index (κ3) is 2.83. The Hall–Kier alpha value is -0.410. The van der Waals surface area contributed by atoms with Crippen molar-refractivity contribution in [3.05, 3.63) is 15.6 Å². The lowest BCUT2D eigenvalue weighted by molar-refractivity contribution is 0.101. The zero-order valence-electron chi connectivity index (χ0n) is 10.2. The smallest absolute Gasteiger partial charge is 0.0934 e. The van der Waals surface area contributed by atoms with Gasteiger partial charge in [0.1, 0.15) is 0 Å². The second-order valence-electron chi connectivity index (χ2n) is 4.92. The molecule has 0 saturated heterocycles. The van der Waals surface area contributed by atoms with Crippen molar-refractivity contribution in [1.29, 1.82) is 0 Å². The van der Waals surface area contributed by atoms with Crippen LogP contribution in [0.1, 0.15) is 47.7 Å². The fraction of sp³-hybridized carbons (Fsp3) is 0.769. The van der Waals surface area contributed by atoms with E-state index in [0.29, 0.717) is 5.92 Å². The van der Waals surface area contributed by atoms with Crippen molar-refractivity contribution < 1.29 is 5.11 Å². The Bertz CT molecular complexity index is 328. The van der Waals surface area contributed by atoms with Crippen LogP contribution in [-0.4, -0.2) is 16.2 Å². The Kier molecular flexibility index (Phi) is 3.98. The van der Waals surface area contributed by atoms with Gasteiger partial charge in [0.05, 0.1) is 16.8 Å². The first kappa shape index (κ1) is 12.1. The lowest BCUT2D eigenvalue weighted by Crippen LogP contribution is -2.20. The van der Waals surface area contributed by atoms with Crippen LogP contribution < -0.4 is 0 Å². The molecule has 2 nitrogen and oxygen atoms in total. The van der Waals surface area contributed by atoms with Crippen molar-refractivity contribution in [3.63, 3.8) is 0 Å². The molecular weight excluding hydrogens is 218 g/mol. The molecule has 0 bridgehead atoms. The van der Waals surface area contributed by atoms with Crippen LogP contribution in [0.4, 0.5) is 0 Å². The van der Waals surface area contributed by atoms with Gasteiger partial charge in [-0.15, -0.1) is 11.3 Å². The monoisotopic (exact) mass is 239 g/mol. The van der Waals surface area contributed by atoms with Gasteiger partial charge in [-0.25, -0.2) is 4.98 Å². The van der Waals surface area contributed by atoms with Crippen LogP contribution in [0, 0.1) is 19.8 Å². The number of hydrogen-bond donors (Lipinski definition) is 1. The molecule has 2 unspecified atom stereocenters. The minimum atomic E-state index is -0.105. The van der Waals surface area contributed by atoms with E-state index in [0.717, 1.165) is 18.5 Å². The second-order valence-corrected chi connectivity index (χ2v) is 6.21. The number of aryl methyl sites for hydroxylation is 2. The number of aliphatic hydroxyl groups excluding tert-OH is 1. The summed E-state index contributed by atoms with van der Waals surface area (Å²) in [6.45, 7) is 4.19. The summed E-state index contributed by atoms with van der Waals surface area (Å²) in [5.41, 5.74) is 1.16. The van der Waals surface area contributed by atoms with Crippen LogP contribution >= 0.6 is 11.3 Å². The van der Waals surface area contributed by atoms with Gasteiger partial charge in [0, 0.05) is 11.3 Å². The summed E-state index contributed by atoms with van der Waals surface area (Å²) < 4.78 is 0. The molecule has 2 atom stereocenters. The number of hydrogen-bond acceptors (Lipinski definition) is 3. The van der Waals surface area contributed by atoms with Gasteiger partial charge in [-0.05, 0) is 32.6 Å². The molecule has 1 aromatic rings. The van der Waals surface area contributed by atoms with E-state index in [9.17, 15) is 5.11 Å². The Morgan fingerprint density at radius 2 is 2.00 bits per heavy atom. The highest BCUT2D eigenvalue weighted by Gasteiger charge is 2.23. The standard InChI is InChI=1S/C13H21NOS/c1-9-10(2)16-13(14-9)8-11-6-4-3-5-7-12(11)15/h11-12,15H,3-8H2,1-2H3. The van der Waals surface area contributed by atoms with Crippen LogP contribution in [0.25, 0.3) is 0 Å². The fourth-order valence-electron chi connectivity index (χ4n) is 2.45. The quantitative estimate of drug-likeness (QED) is 0.804. The van der Waals surface area contributed by atoms with Gasteiger partial charge in [0.2, 0.25) is 0 Å². The highest BCUT2D eigenvalue weighted by molar-refractivity contribution is 7.11. The summed E-state index contributed by atoms with van der Waals surface area (Å²) >= 11 is 1.79. The van der Waals surface area contributed by atoms with Crippen molar-refractivity contribution in [1.82, 2.24) is 4.98 Å². The van der Waals surface area contributed by atoms with Crippen molar-refractivity contribution in [2.75, 3.05) is 0 Å². The van der Waals surface area contributed by atoms with Gasteiger partial charge in [-0.1, -0.05) is 19.3 Å². The summed E-state index contributed by atoms with van der Waals surface area (Å²) in [5.74, 6) is 0.437. The van der Waals surface area contributed by atoms with E-state index >= 15 is 0 Å². The first-order valence-electron chi connectivity index (χ1n) is 6.28. The summed E-state index contributed by atoms with van der Waals surface area (Å²) in [7, 11) is 0. The molecule has 90 valence electrons. The van der Waals surface area contributed by atoms with Gasteiger partial charge in [0.25, 0.3) is 0 Å². The number of aromatic nitrogens is 1. The SMILES string of the molecule is Cc1nc(CC2CCCCCC2O)sc1C. The van der Waals surface area contributed by atoms with E-state index in [1.807, 2.05) is 0 Å². The van der Waals surface area contributed by atoms with Crippen molar-refractivity contribution >= 4 is 11.3 Å². The second kappa shape index (κ2) is 5.28. The Morgan fingerprint density at radius 1 is 1.25 bits per heavy atom. The van der Waals surface area contributed by atoms with E-state index in [1.165, 1.54) is 35.6 Å². The van der Waals surface area contributed by atoms with E-state index < -0.39 is 0 Å². The summed E-state index contributed by atoms with van der Waals surface area (Å²) in [6.07, 6.45) is 6.75. The highest BCUT2D eigenvalue weighted by Crippen LogP contribution is 2.28. The molecule has 16 heavy (non-hydrogen) atoms. The first-order chi connectivity index (χ1) is 7.66. The number of rotatable bonds is 2. The van der Waals surface area contributed by atoms with Crippen molar-refractivity contribution in [3.8, 4) is 0 Å². The molecule has 1 aromatic heterocycles. The van der Waals surface area contributed by atoms with Gasteiger partial charge in [0.15, 0.2) is 0 Å². The molecule has 0 amide bonds. The number of aliphatic hydroxyl groups is 1. The largest absolute Gasteiger partial charge is 0.393 e. The first-order valence-corrected chi connectivity index (χ1v) is 7.09. The predicted octanol–water partition coefficient (Wildman–Crippen LogP) is 3.24. The van der Waals surface area contributed by atoms with Crippen LogP contribution in [0.15, 0.2) is 0 Å².